The van der Waals surface area contributed by atoms with Crippen LogP contribution < -0.4 is 5.32 Å². The topological polar surface area (TPSA) is 49.4 Å². The lowest BCUT2D eigenvalue weighted by molar-refractivity contribution is -0.164. The van der Waals surface area contributed by atoms with Gasteiger partial charge in [-0.05, 0) is 68.9 Å². The number of benzene rings is 2. The van der Waals surface area contributed by atoms with E-state index in [4.69, 9.17) is 0 Å². The summed E-state index contributed by atoms with van der Waals surface area (Å²) in [5, 5.41) is 2.27. The van der Waals surface area contributed by atoms with Gasteiger partial charge in [0.05, 0.1) is 5.56 Å². The molecule has 1 N–H and O–H groups in total. The van der Waals surface area contributed by atoms with E-state index in [9.17, 15) is 22.8 Å². The van der Waals surface area contributed by atoms with Gasteiger partial charge >= 0.3 is 5.92 Å². The summed E-state index contributed by atoms with van der Waals surface area (Å²) in [6, 6.07) is 3.65. The van der Waals surface area contributed by atoms with Crippen LogP contribution in [0.1, 0.15) is 53.6 Å². The molecule has 9 heteroatoms. The molecule has 2 fully saturated rings. The molecule has 2 bridgehead atoms. The maximum Gasteiger partial charge on any atom is 0.352 e. The van der Waals surface area contributed by atoms with Gasteiger partial charge in [0.15, 0.2) is 11.6 Å². The van der Waals surface area contributed by atoms with Crippen LogP contribution in [0.2, 0.25) is 0 Å². The van der Waals surface area contributed by atoms with Crippen molar-refractivity contribution in [1.29, 1.82) is 0 Å². The van der Waals surface area contributed by atoms with Crippen molar-refractivity contribution in [3.63, 3.8) is 0 Å². The average molecular weight is 452 g/mol. The fraction of sp³-hybridized carbons (Fsp3) is 0.391. The number of halogens is 5. The van der Waals surface area contributed by atoms with E-state index >= 15 is 8.78 Å². The molecule has 2 atom stereocenters. The highest BCUT2D eigenvalue weighted by atomic mass is 19.3. The van der Waals surface area contributed by atoms with Crippen molar-refractivity contribution >= 4 is 17.5 Å². The largest absolute Gasteiger partial charge is 0.352 e. The first-order valence-corrected chi connectivity index (χ1v) is 10.4. The van der Waals surface area contributed by atoms with Gasteiger partial charge in [-0.15, -0.1) is 0 Å². The monoisotopic (exact) mass is 452 g/mol. The molecule has 0 radical (unpaired) electrons. The molecule has 0 saturated carbocycles. The molecule has 4 rings (SSSR count). The summed E-state index contributed by atoms with van der Waals surface area (Å²) < 4.78 is 71.7. The lowest BCUT2D eigenvalue weighted by Gasteiger charge is -2.37. The molecule has 0 aliphatic carbocycles. The summed E-state index contributed by atoms with van der Waals surface area (Å²) in [5.41, 5.74) is -1.70. The van der Waals surface area contributed by atoms with Crippen molar-refractivity contribution in [2.24, 2.45) is 0 Å². The Bertz CT molecular complexity index is 1050. The second-order valence-corrected chi connectivity index (χ2v) is 8.34. The molecule has 0 spiro atoms. The molecule has 0 aromatic heterocycles. The zero-order chi connectivity index (χ0) is 23.2. The van der Waals surface area contributed by atoms with E-state index in [1.807, 2.05) is 0 Å². The first-order chi connectivity index (χ1) is 15.1. The second kappa shape index (κ2) is 8.18. The summed E-state index contributed by atoms with van der Waals surface area (Å²) in [7, 11) is 0. The predicted octanol–water partition coefficient (Wildman–Crippen LogP) is 5.30. The highest BCUT2D eigenvalue weighted by molar-refractivity contribution is 6.04. The second-order valence-electron chi connectivity index (χ2n) is 8.34. The summed E-state index contributed by atoms with van der Waals surface area (Å²) in [6.45, 7) is 1.30. The number of nitrogens with zero attached hydrogens (tertiary/aromatic N) is 1. The Labute approximate surface area is 181 Å². The minimum atomic E-state index is -4.16. The number of aryl methyl sites for hydroxylation is 1. The molecule has 2 heterocycles. The quantitative estimate of drug-likeness (QED) is 0.640. The van der Waals surface area contributed by atoms with E-state index in [0.717, 1.165) is 18.6 Å². The minimum absolute atomic E-state index is 0.0617. The number of alkyl halides is 2. The van der Waals surface area contributed by atoms with Gasteiger partial charge in [-0.2, -0.15) is 8.78 Å². The summed E-state index contributed by atoms with van der Waals surface area (Å²) in [5.74, 6) is -10.1. The zero-order valence-corrected chi connectivity index (χ0v) is 17.2. The summed E-state index contributed by atoms with van der Waals surface area (Å²) in [4.78, 5) is 26.4. The van der Waals surface area contributed by atoms with Gasteiger partial charge in [-0.25, -0.2) is 13.2 Å². The Hall–Kier alpha value is -2.97. The number of amides is 2. The van der Waals surface area contributed by atoms with Crippen LogP contribution in [0.15, 0.2) is 30.3 Å². The van der Waals surface area contributed by atoms with Crippen LogP contribution in [0.3, 0.4) is 0 Å². The normalized spacial score (nSPS) is 20.4. The van der Waals surface area contributed by atoms with Crippen LogP contribution in [-0.4, -0.2) is 28.8 Å². The smallest absolute Gasteiger partial charge is 0.331 e. The molecule has 170 valence electrons. The van der Waals surface area contributed by atoms with Gasteiger partial charge in [0, 0.05) is 29.4 Å². The number of carbonyl (C=O) groups excluding carboxylic acids is 2. The van der Waals surface area contributed by atoms with Crippen LogP contribution in [0.4, 0.5) is 27.6 Å². The molecular weight excluding hydrogens is 431 g/mol. The van der Waals surface area contributed by atoms with Crippen molar-refractivity contribution < 1.29 is 31.5 Å². The predicted molar refractivity (Wildman–Crippen MR) is 107 cm³/mol. The molecular formula is C23H21F5N2O2. The highest BCUT2D eigenvalue weighted by Gasteiger charge is 2.52. The van der Waals surface area contributed by atoms with E-state index in [1.54, 1.807) is 0 Å². The fourth-order valence-corrected chi connectivity index (χ4v) is 4.64. The number of anilines is 1. The Morgan fingerprint density at radius 1 is 0.969 bits per heavy atom. The van der Waals surface area contributed by atoms with Gasteiger partial charge in [-0.3, -0.25) is 9.59 Å². The van der Waals surface area contributed by atoms with Gasteiger partial charge in [0.1, 0.15) is 5.82 Å². The van der Waals surface area contributed by atoms with Gasteiger partial charge < -0.3 is 10.2 Å². The van der Waals surface area contributed by atoms with E-state index in [1.165, 1.54) is 17.9 Å². The molecule has 4 nitrogen and oxygen atoms in total. The van der Waals surface area contributed by atoms with E-state index in [0.29, 0.717) is 37.8 Å². The highest BCUT2D eigenvalue weighted by Crippen LogP contribution is 2.41. The van der Waals surface area contributed by atoms with Crippen molar-refractivity contribution in [3.05, 3.63) is 64.5 Å². The third-order valence-electron chi connectivity index (χ3n) is 6.23. The number of hydrogen-bond donors (Lipinski definition) is 1. The number of carbonyl (C=O) groups is 2. The van der Waals surface area contributed by atoms with Crippen LogP contribution in [0, 0.1) is 24.4 Å². The Morgan fingerprint density at radius 2 is 1.62 bits per heavy atom. The number of hydrogen-bond acceptors (Lipinski definition) is 2. The Morgan fingerprint density at radius 3 is 2.25 bits per heavy atom. The van der Waals surface area contributed by atoms with E-state index in [2.05, 4.69) is 5.32 Å². The van der Waals surface area contributed by atoms with Crippen molar-refractivity contribution in [2.75, 3.05) is 5.32 Å². The van der Waals surface area contributed by atoms with Crippen LogP contribution in [0.25, 0.3) is 0 Å². The first kappa shape index (κ1) is 22.2. The number of rotatable bonds is 4. The van der Waals surface area contributed by atoms with E-state index in [-0.39, 0.29) is 28.9 Å². The van der Waals surface area contributed by atoms with Crippen LogP contribution in [-0.2, 0) is 10.7 Å². The van der Waals surface area contributed by atoms with Gasteiger partial charge in [0.25, 0.3) is 11.8 Å². The maximum absolute atomic E-state index is 15.1. The molecule has 1 unspecified atom stereocenters. The third-order valence-corrected chi connectivity index (χ3v) is 6.23. The number of piperidine rings is 1. The Kier molecular flexibility index (Phi) is 5.68. The zero-order valence-electron chi connectivity index (χ0n) is 17.2. The van der Waals surface area contributed by atoms with Gasteiger partial charge in [-0.1, -0.05) is 0 Å². The Balaban J connectivity index is 1.60. The molecule has 2 aliphatic heterocycles. The standard InChI is InChI=1S/C23H21F5N2O2/c1-12-9-14(11-19(25)20(12)26)29-21(31)13-5-8-18(24)17(10-13)23(27,28)22(32)30-15-3-2-4-16(30)7-6-15/h5,8-11,15-16H,2-4,6-7H2,1H3,(H,29,31)/t15-,16?/m1/s1. The molecule has 2 saturated heterocycles. The van der Waals surface area contributed by atoms with Crippen molar-refractivity contribution in [3.8, 4) is 0 Å². The third kappa shape index (κ3) is 3.84. The van der Waals surface area contributed by atoms with Crippen LogP contribution in [0.5, 0.6) is 0 Å². The molecule has 2 aliphatic rings. The van der Waals surface area contributed by atoms with Crippen molar-refractivity contribution in [1.82, 2.24) is 4.90 Å². The number of fused-ring (bicyclic) bond motifs is 2. The lowest BCUT2D eigenvalue weighted by atomic mass is 9.98. The minimum Gasteiger partial charge on any atom is -0.331 e. The maximum atomic E-state index is 15.1. The molecule has 2 aromatic rings. The summed E-state index contributed by atoms with van der Waals surface area (Å²) in [6.07, 6.45) is 3.42. The summed E-state index contributed by atoms with van der Waals surface area (Å²) >= 11 is 0. The SMILES string of the molecule is Cc1cc(NC(=O)c2ccc(F)c(C(F)(F)C(=O)N3C4CCC[C@@H]3CC4)c2)cc(F)c1F. The van der Waals surface area contributed by atoms with Gasteiger partial charge in [0.2, 0.25) is 0 Å². The number of nitrogens with one attached hydrogen (secondary N) is 1. The molecule has 2 amide bonds. The first-order valence-electron chi connectivity index (χ1n) is 10.4. The molecule has 2 aromatic carbocycles. The van der Waals surface area contributed by atoms with Crippen molar-refractivity contribution in [2.45, 2.75) is 57.0 Å². The van der Waals surface area contributed by atoms with E-state index < -0.39 is 40.8 Å². The lowest BCUT2D eigenvalue weighted by Crippen LogP contribution is -2.50. The molecule has 32 heavy (non-hydrogen) atoms. The fourth-order valence-electron chi connectivity index (χ4n) is 4.64. The average Bonchev–Trinajstić information content (AvgIpc) is 2.99. The van der Waals surface area contributed by atoms with Crippen LogP contribution >= 0.6 is 0 Å².